The van der Waals surface area contributed by atoms with Crippen molar-refractivity contribution >= 4 is 0 Å². The molecule has 2 N–H and O–H groups in total. The van der Waals surface area contributed by atoms with Crippen molar-refractivity contribution in [3.05, 3.63) is 63.6 Å². The van der Waals surface area contributed by atoms with Crippen LogP contribution in [0, 0.1) is 11.3 Å². The van der Waals surface area contributed by atoms with Gasteiger partial charge in [0.15, 0.2) is 0 Å². The highest BCUT2D eigenvalue weighted by atomic mass is 16.5. The van der Waals surface area contributed by atoms with E-state index in [1.54, 1.807) is 30.5 Å². The second-order valence-corrected chi connectivity index (χ2v) is 5.90. The molecular formula is C18H19N3O3. The minimum Gasteiger partial charge on any atom is -0.491 e. The van der Waals surface area contributed by atoms with Crippen LogP contribution in [0.3, 0.4) is 0 Å². The maximum absolute atomic E-state index is 11.9. The van der Waals surface area contributed by atoms with Crippen LogP contribution in [0.25, 0.3) is 0 Å². The molecule has 0 bridgehead atoms. The molecule has 1 atom stereocenters. The van der Waals surface area contributed by atoms with Gasteiger partial charge in [0.1, 0.15) is 18.5 Å². The molecule has 1 unspecified atom stereocenters. The fourth-order valence-corrected chi connectivity index (χ4v) is 2.86. The Labute approximate surface area is 139 Å². The summed E-state index contributed by atoms with van der Waals surface area (Å²) in [6.45, 7) is 1.97. The van der Waals surface area contributed by atoms with Crippen LogP contribution in [-0.2, 0) is 13.0 Å². The highest BCUT2D eigenvalue weighted by Crippen LogP contribution is 2.16. The summed E-state index contributed by atoms with van der Waals surface area (Å²) >= 11 is 0. The number of fused-ring (bicyclic) bond motifs is 1. The first-order valence-electron chi connectivity index (χ1n) is 7.88. The average molecular weight is 325 g/mol. The highest BCUT2D eigenvalue weighted by molar-refractivity contribution is 5.34. The number of rotatable bonds is 5. The Morgan fingerprint density at radius 1 is 1.33 bits per heavy atom. The molecular weight excluding hydrogens is 306 g/mol. The molecule has 0 fully saturated rings. The summed E-state index contributed by atoms with van der Waals surface area (Å²) in [5, 5.41) is 18.9. The number of H-pyrrole nitrogens is 1. The number of aromatic amines is 1. The Morgan fingerprint density at radius 3 is 2.88 bits per heavy atom. The van der Waals surface area contributed by atoms with Gasteiger partial charge in [-0.2, -0.15) is 5.26 Å². The SMILES string of the molecule is N#Cc1ccc(OCC(O)CN2CCc3cc[nH]c(=O)c3C2)cc1. The van der Waals surface area contributed by atoms with Gasteiger partial charge in [-0.3, -0.25) is 9.69 Å². The van der Waals surface area contributed by atoms with Crippen LogP contribution in [-0.4, -0.2) is 40.8 Å². The first kappa shape index (κ1) is 16.2. The summed E-state index contributed by atoms with van der Waals surface area (Å²) in [7, 11) is 0. The highest BCUT2D eigenvalue weighted by Gasteiger charge is 2.20. The third-order valence-corrected chi connectivity index (χ3v) is 4.13. The lowest BCUT2D eigenvalue weighted by molar-refractivity contribution is 0.0636. The average Bonchev–Trinajstić information content (AvgIpc) is 2.61. The van der Waals surface area contributed by atoms with Crippen LogP contribution in [0.1, 0.15) is 16.7 Å². The summed E-state index contributed by atoms with van der Waals surface area (Å²) in [6, 6.07) is 10.8. The number of pyridine rings is 1. The Bertz CT molecular complexity index is 792. The van der Waals surface area contributed by atoms with Crippen molar-refractivity contribution in [3.8, 4) is 11.8 Å². The summed E-state index contributed by atoms with van der Waals surface area (Å²) in [6.07, 6.45) is 1.84. The molecule has 0 aliphatic carbocycles. The van der Waals surface area contributed by atoms with E-state index >= 15 is 0 Å². The summed E-state index contributed by atoms with van der Waals surface area (Å²) < 4.78 is 5.55. The molecule has 1 aromatic carbocycles. The second kappa shape index (κ2) is 7.30. The minimum atomic E-state index is -0.648. The van der Waals surface area contributed by atoms with Crippen LogP contribution in [0.5, 0.6) is 5.75 Å². The number of aliphatic hydroxyl groups excluding tert-OH is 1. The molecule has 0 spiro atoms. The van der Waals surface area contributed by atoms with E-state index < -0.39 is 6.10 Å². The quantitative estimate of drug-likeness (QED) is 0.857. The number of nitrogens with one attached hydrogen (secondary N) is 1. The van der Waals surface area contributed by atoms with Crippen LogP contribution in [0.4, 0.5) is 0 Å². The first-order chi connectivity index (χ1) is 11.7. The van der Waals surface area contributed by atoms with Crippen molar-refractivity contribution in [1.82, 2.24) is 9.88 Å². The lowest BCUT2D eigenvalue weighted by Crippen LogP contribution is -2.40. The van der Waals surface area contributed by atoms with Gasteiger partial charge < -0.3 is 14.8 Å². The fourth-order valence-electron chi connectivity index (χ4n) is 2.86. The third kappa shape index (κ3) is 3.82. The predicted molar refractivity (Wildman–Crippen MR) is 88.7 cm³/mol. The number of hydrogen-bond acceptors (Lipinski definition) is 5. The molecule has 2 aromatic rings. The molecule has 24 heavy (non-hydrogen) atoms. The van der Waals surface area contributed by atoms with Gasteiger partial charge in [-0.1, -0.05) is 0 Å². The van der Waals surface area contributed by atoms with Crippen molar-refractivity contribution in [2.45, 2.75) is 19.1 Å². The molecule has 1 aliphatic heterocycles. The number of nitriles is 1. The van der Waals surface area contributed by atoms with Gasteiger partial charge in [0.2, 0.25) is 0 Å². The molecule has 124 valence electrons. The second-order valence-electron chi connectivity index (χ2n) is 5.90. The van der Waals surface area contributed by atoms with E-state index in [1.165, 1.54) is 0 Å². The van der Waals surface area contributed by atoms with Gasteiger partial charge in [0, 0.05) is 31.4 Å². The normalized spacial score (nSPS) is 15.3. The van der Waals surface area contributed by atoms with E-state index in [0.717, 1.165) is 24.1 Å². The van der Waals surface area contributed by atoms with Crippen molar-refractivity contribution in [2.75, 3.05) is 19.7 Å². The minimum absolute atomic E-state index is 0.0551. The monoisotopic (exact) mass is 325 g/mol. The van der Waals surface area contributed by atoms with Gasteiger partial charge in [-0.05, 0) is 42.3 Å². The Balaban J connectivity index is 1.52. The van der Waals surface area contributed by atoms with E-state index in [1.807, 2.05) is 12.1 Å². The topological polar surface area (TPSA) is 89.3 Å². The number of aliphatic hydroxyl groups is 1. The van der Waals surface area contributed by atoms with Gasteiger partial charge in [0.25, 0.3) is 5.56 Å². The molecule has 6 nitrogen and oxygen atoms in total. The van der Waals surface area contributed by atoms with Crippen LogP contribution >= 0.6 is 0 Å². The summed E-state index contributed by atoms with van der Waals surface area (Å²) in [5.74, 6) is 0.619. The number of hydrogen-bond donors (Lipinski definition) is 2. The molecule has 0 radical (unpaired) electrons. The van der Waals surface area contributed by atoms with Crippen LogP contribution < -0.4 is 10.3 Å². The molecule has 1 aliphatic rings. The van der Waals surface area contributed by atoms with Gasteiger partial charge in [-0.25, -0.2) is 0 Å². The van der Waals surface area contributed by atoms with Crippen molar-refractivity contribution in [1.29, 1.82) is 5.26 Å². The number of nitrogens with zero attached hydrogens (tertiary/aromatic N) is 2. The van der Waals surface area contributed by atoms with Gasteiger partial charge in [0.05, 0.1) is 11.6 Å². The zero-order valence-corrected chi connectivity index (χ0v) is 13.2. The van der Waals surface area contributed by atoms with Crippen LogP contribution in [0.2, 0.25) is 0 Å². The number of benzene rings is 1. The standard InChI is InChI=1S/C18H19N3O3/c19-9-13-1-3-16(4-2-13)24-12-15(22)10-21-8-6-14-5-7-20-18(23)17(14)11-21/h1-5,7,15,22H,6,8,10-12H2,(H,20,23). The van der Waals surface area contributed by atoms with Gasteiger partial charge in [-0.15, -0.1) is 0 Å². The third-order valence-electron chi connectivity index (χ3n) is 4.13. The molecule has 0 saturated heterocycles. The summed E-state index contributed by atoms with van der Waals surface area (Å²) in [5.41, 5.74) is 2.38. The van der Waals surface area contributed by atoms with Crippen molar-refractivity contribution in [2.24, 2.45) is 0 Å². The molecule has 0 saturated carbocycles. The maximum Gasteiger partial charge on any atom is 0.252 e. The number of ether oxygens (including phenoxy) is 1. The van der Waals surface area contributed by atoms with Crippen molar-refractivity contribution in [3.63, 3.8) is 0 Å². The largest absolute Gasteiger partial charge is 0.491 e. The number of β-amino-alcohol motifs (C(OH)–C–C–N with tert-alkyl or cyclic N) is 1. The first-order valence-corrected chi connectivity index (χ1v) is 7.88. The van der Waals surface area contributed by atoms with Gasteiger partial charge >= 0.3 is 0 Å². The Hall–Kier alpha value is -2.62. The Morgan fingerprint density at radius 2 is 2.12 bits per heavy atom. The Kier molecular flexibility index (Phi) is 4.94. The van der Waals surface area contributed by atoms with Crippen LogP contribution in [0.15, 0.2) is 41.3 Å². The van der Waals surface area contributed by atoms with E-state index in [4.69, 9.17) is 10.00 Å². The summed E-state index contributed by atoms with van der Waals surface area (Å²) in [4.78, 5) is 16.6. The lowest BCUT2D eigenvalue weighted by atomic mass is 10.0. The fraction of sp³-hybridized carbons (Fsp3) is 0.333. The van der Waals surface area contributed by atoms with E-state index in [0.29, 0.717) is 24.4 Å². The van der Waals surface area contributed by atoms with E-state index in [2.05, 4.69) is 9.88 Å². The lowest BCUT2D eigenvalue weighted by Gasteiger charge is -2.29. The maximum atomic E-state index is 11.9. The zero-order chi connectivity index (χ0) is 16.9. The molecule has 0 amide bonds. The number of aromatic nitrogens is 1. The molecule has 3 rings (SSSR count). The molecule has 6 heteroatoms. The van der Waals surface area contributed by atoms with Crippen molar-refractivity contribution < 1.29 is 9.84 Å². The zero-order valence-electron chi connectivity index (χ0n) is 13.2. The molecule has 1 aromatic heterocycles. The van der Waals surface area contributed by atoms with E-state index in [-0.39, 0.29) is 12.2 Å². The molecule has 2 heterocycles. The smallest absolute Gasteiger partial charge is 0.252 e. The van der Waals surface area contributed by atoms with E-state index in [9.17, 15) is 9.90 Å². The predicted octanol–water partition coefficient (Wildman–Crippen LogP) is 1.04.